The highest BCUT2D eigenvalue weighted by atomic mass is 16.5. The first-order valence-electron chi connectivity index (χ1n) is 9.38. The molecule has 0 saturated carbocycles. The Kier molecular flexibility index (Phi) is 7.44. The molecule has 2 rings (SSSR count). The van der Waals surface area contributed by atoms with E-state index in [9.17, 15) is 9.59 Å². The van der Waals surface area contributed by atoms with Crippen LogP contribution in [0.15, 0.2) is 36.4 Å². The molecule has 28 heavy (non-hydrogen) atoms. The van der Waals surface area contributed by atoms with E-state index in [1.807, 2.05) is 39.8 Å². The van der Waals surface area contributed by atoms with Crippen LogP contribution in [0.25, 0.3) is 0 Å². The Hall–Kier alpha value is -3.02. The van der Waals surface area contributed by atoms with Crippen molar-refractivity contribution < 1.29 is 19.1 Å². The number of benzene rings is 2. The minimum absolute atomic E-state index is 0.0522. The summed E-state index contributed by atoms with van der Waals surface area (Å²) in [5, 5.41) is 2.80. The van der Waals surface area contributed by atoms with E-state index in [1.54, 1.807) is 31.3 Å². The van der Waals surface area contributed by atoms with Crippen LogP contribution in [-0.4, -0.2) is 43.5 Å². The van der Waals surface area contributed by atoms with Gasteiger partial charge in [0.15, 0.2) is 11.5 Å². The summed E-state index contributed by atoms with van der Waals surface area (Å²) in [5.74, 6) is 0.734. The second kappa shape index (κ2) is 9.78. The molecule has 2 aromatic carbocycles. The van der Waals surface area contributed by atoms with E-state index in [4.69, 9.17) is 9.47 Å². The lowest BCUT2D eigenvalue weighted by Crippen LogP contribution is -2.35. The molecule has 0 fully saturated rings. The van der Waals surface area contributed by atoms with Gasteiger partial charge in [0.25, 0.3) is 5.91 Å². The van der Waals surface area contributed by atoms with Gasteiger partial charge in [0.05, 0.1) is 19.8 Å². The number of hydrogen-bond donors (Lipinski definition) is 1. The minimum Gasteiger partial charge on any atom is -0.490 e. The first kappa shape index (κ1) is 21.3. The number of anilines is 1. The summed E-state index contributed by atoms with van der Waals surface area (Å²) in [6.07, 6.45) is 0. The van der Waals surface area contributed by atoms with Crippen molar-refractivity contribution in [2.45, 2.75) is 27.7 Å². The zero-order chi connectivity index (χ0) is 20.7. The van der Waals surface area contributed by atoms with Gasteiger partial charge < -0.3 is 19.7 Å². The molecule has 6 heteroatoms. The van der Waals surface area contributed by atoms with Gasteiger partial charge in [-0.05, 0) is 57.0 Å². The van der Waals surface area contributed by atoms with E-state index >= 15 is 0 Å². The van der Waals surface area contributed by atoms with Gasteiger partial charge in [-0.25, -0.2) is 0 Å². The van der Waals surface area contributed by atoms with Crippen LogP contribution in [0.5, 0.6) is 11.5 Å². The lowest BCUT2D eigenvalue weighted by molar-refractivity contribution is -0.116. The molecule has 0 aliphatic heterocycles. The van der Waals surface area contributed by atoms with Gasteiger partial charge in [-0.1, -0.05) is 12.1 Å². The molecule has 0 aliphatic rings. The third-order valence-electron chi connectivity index (χ3n) is 4.39. The van der Waals surface area contributed by atoms with Crippen LogP contribution in [0.4, 0.5) is 5.69 Å². The van der Waals surface area contributed by atoms with E-state index in [0.717, 1.165) is 11.1 Å². The monoisotopic (exact) mass is 384 g/mol. The summed E-state index contributed by atoms with van der Waals surface area (Å²) >= 11 is 0. The molecule has 6 nitrogen and oxygen atoms in total. The summed E-state index contributed by atoms with van der Waals surface area (Å²) in [6.45, 7) is 8.61. The van der Waals surface area contributed by atoms with E-state index in [0.29, 0.717) is 36.0 Å². The highest BCUT2D eigenvalue weighted by molar-refractivity contribution is 6.00. The van der Waals surface area contributed by atoms with Crippen molar-refractivity contribution in [2.75, 3.05) is 32.1 Å². The highest BCUT2D eigenvalue weighted by Crippen LogP contribution is 2.30. The normalized spacial score (nSPS) is 10.3. The number of ether oxygens (including phenoxy) is 2. The summed E-state index contributed by atoms with van der Waals surface area (Å²) in [6, 6.07) is 10.8. The third-order valence-corrected chi connectivity index (χ3v) is 4.39. The maximum absolute atomic E-state index is 12.7. The van der Waals surface area contributed by atoms with Gasteiger partial charge in [0, 0.05) is 24.4 Å². The Morgan fingerprint density at radius 3 is 2.36 bits per heavy atom. The molecule has 1 N–H and O–H groups in total. The van der Waals surface area contributed by atoms with Gasteiger partial charge in [0.2, 0.25) is 5.91 Å². The number of aryl methyl sites for hydroxylation is 1. The van der Waals surface area contributed by atoms with Crippen LogP contribution in [0.3, 0.4) is 0 Å². The van der Waals surface area contributed by atoms with E-state index in [-0.39, 0.29) is 18.4 Å². The lowest BCUT2D eigenvalue weighted by atomic mass is 10.0. The number of carbonyl (C=O) groups is 2. The van der Waals surface area contributed by atoms with Crippen molar-refractivity contribution in [1.29, 1.82) is 0 Å². The Balaban J connectivity index is 2.05. The Morgan fingerprint density at radius 2 is 1.68 bits per heavy atom. The smallest absolute Gasteiger partial charge is 0.254 e. The standard InChI is InChI=1S/C22H28N2O4/c1-6-27-19-12-11-17(13-20(19)28-7-2)23-21(25)14-24(5)22(26)18-10-8-9-15(3)16(18)4/h8-13H,6-7,14H2,1-5H3,(H,23,25). The predicted octanol–water partition coefficient (Wildman–Crippen LogP) is 3.81. The van der Waals surface area contributed by atoms with E-state index in [2.05, 4.69) is 5.32 Å². The molecule has 0 aromatic heterocycles. The van der Waals surface area contributed by atoms with Crippen LogP contribution in [0.2, 0.25) is 0 Å². The third kappa shape index (κ3) is 5.25. The molecular weight excluding hydrogens is 356 g/mol. The van der Waals surface area contributed by atoms with Crippen molar-refractivity contribution in [3.63, 3.8) is 0 Å². The fourth-order valence-corrected chi connectivity index (χ4v) is 2.81. The highest BCUT2D eigenvalue weighted by Gasteiger charge is 2.18. The summed E-state index contributed by atoms with van der Waals surface area (Å²) in [5.41, 5.74) is 3.16. The number of likely N-dealkylation sites (N-methyl/N-ethyl adjacent to an activating group) is 1. The molecule has 0 unspecified atom stereocenters. The average Bonchev–Trinajstić information content (AvgIpc) is 2.65. The molecule has 150 valence electrons. The van der Waals surface area contributed by atoms with Crippen LogP contribution in [0, 0.1) is 13.8 Å². The first-order valence-corrected chi connectivity index (χ1v) is 9.38. The van der Waals surface area contributed by atoms with Crippen molar-refractivity contribution in [3.05, 3.63) is 53.1 Å². The maximum Gasteiger partial charge on any atom is 0.254 e. The molecule has 0 saturated heterocycles. The molecule has 0 heterocycles. The van der Waals surface area contributed by atoms with Crippen LogP contribution < -0.4 is 14.8 Å². The minimum atomic E-state index is -0.284. The first-order chi connectivity index (χ1) is 13.4. The Labute approximate surface area is 166 Å². The number of nitrogens with zero attached hydrogens (tertiary/aromatic N) is 1. The zero-order valence-electron chi connectivity index (χ0n) is 17.2. The van der Waals surface area contributed by atoms with E-state index in [1.165, 1.54) is 4.90 Å². The van der Waals surface area contributed by atoms with Crippen LogP contribution >= 0.6 is 0 Å². The SMILES string of the molecule is CCOc1ccc(NC(=O)CN(C)C(=O)c2cccc(C)c2C)cc1OCC. The molecule has 0 aliphatic carbocycles. The molecular formula is C22H28N2O4. The maximum atomic E-state index is 12.7. The number of hydrogen-bond acceptors (Lipinski definition) is 4. The fraction of sp³-hybridized carbons (Fsp3) is 0.364. The van der Waals surface area contributed by atoms with Gasteiger partial charge in [0.1, 0.15) is 0 Å². The van der Waals surface area contributed by atoms with Crippen molar-refractivity contribution in [1.82, 2.24) is 4.90 Å². The topological polar surface area (TPSA) is 67.9 Å². The summed E-state index contributed by atoms with van der Waals surface area (Å²) < 4.78 is 11.1. The zero-order valence-corrected chi connectivity index (χ0v) is 17.2. The van der Waals surface area contributed by atoms with Gasteiger partial charge >= 0.3 is 0 Å². The predicted molar refractivity (Wildman–Crippen MR) is 110 cm³/mol. The largest absolute Gasteiger partial charge is 0.490 e. The number of carbonyl (C=O) groups excluding carboxylic acids is 2. The lowest BCUT2D eigenvalue weighted by Gasteiger charge is -2.19. The Bertz CT molecular complexity index is 848. The van der Waals surface area contributed by atoms with E-state index < -0.39 is 0 Å². The summed E-state index contributed by atoms with van der Waals surface area (Å²) in [4.78, 5) is 26.5. The summed E-state index contributed by atoms with van der Waals surface area (Å²) in [7, 11) is 1.62. The van der Waals surface area contributed by atoms with Crippen molar-refractivity contribution >= 4 is 17.5 Å². The molecule has 0 bridgehead atoms. The van der Waals surface area contributed by atoms with Gasteiger partial charge in [-0.2, -0.15) is 0 Å². The number of rotatable bonds is 8. The van der Waals surface area contributed by atoms with Gasteiger partial charge in [-0.15, -0.1) is 0 Å². The molecule has 2 amide bonds. The van der Waals surface area contributed by atoms with Crippen LogP contribution in [0.1, 0.15) is 35.3 Å². The second-order valence-electron chi connectivity index (χ2n) is 6.48. The Morgan fingerprint density at radius 1 is 1.00 bits per heavy atom. The van der Waals surface area contributed by atoms with Gasteiger partial charge in [-0.3, -0.25) is 9.59 Å². The van der Waals surface area contributed by atoms with Crippen LogP contribution in [-0.2, 0) is 4.79 Å². The second-order valence-corrected chi connectivity index (χ2v) is 6.48. The number of amides is 2. The quantitative estimate of drug-likeness (QED) is 0.751. The molecule has 0 spiro atoms. The average molecular weight is 384 g/mol. The van der Waals surface area contributed by atoms with Crippen molar-refractivity contribution in [2.24, 2.45) is 0 Å². The fourth-order valence-electron chi connectivity index (χ4n) is 2.81. The molecule has 0 radical (unpaired) electrons. The number of nitrogens with one attached hydrogen (secondary N) is 1. The molecule has 0 atom stereocenters. The van der Waals surface area contributed by atoms with Crippen molar-refractivity contribution in [3.8, 4) is 11.5 Å². The molecule has 2 aromatic rings.